The second-order valence-electron chi connectivity index (χ2n) is 0.0583. The van der Waals surface area contributed by atoms with Crippen LogP contribution in [0.4, 0.5) is 0 Å². The fraction of sp³-hybridized carbons (Fsp3) is 1.00. The number of hydrogen-bond acceptors (Lipinski definition) is 1. The first-order valence-electron chi connectivity index (χ1n) is 0.717. The van der Waals surface area contributed by atoms with E-state index in [0.717, 1.165) is 7.11 Å². The molecule has 1 unspecified atom stereocenters. The summed E-state index contributed by atoms with van der Waals surface area (Å²) in [5.74, 6) is 0. The number of halogens is 2. The summed E-state index contributed by atoms with van der Waals surface area (Å²) >= 11 is 8.53. The molecule has 0 aliphatic carbocycles. The zero-order chi connectivity index (χ0) is 4.71. The maximum absolute atomic E-state index is 8.25. The summed E-state index contributed by atoms with van der Waals surface area (Å²) in [6.07, 6.45) is 0. The van der Waals surface area contributed by atoms with E-state index in [1.807, 2.05) is 0 Å². The highest BCUT2D eigenvalue weighted by molar-refractivity contribution is 6.92. The Morgan fingerprint density at radius 1 is 1.33 bits per heavy atom. The van der Waals surface area contributed by atoms with Gasteiger partial charge in [-0.25, -0.2) is 5.11 Å². The van der Waals surface area contributed by atoms with Gasteiger partial charge in [0.2, 0.25) is 0 Å². The predicted molar refractivity (Wildman–Crippen MR) is 30.5 cm³/mol. The SMILES string of the molecule is C[O].ClOCl.P. The molecular weight excluding hydrogens is 146 g/mol. The maximum atomic E-state index is 8.25. The second-order valence-corrected chi connectivity index (χ2v) is 0.525. The van der Waals surface area contributed by atoms with Crippen molar-refractivity contribution >= 4 is 33.6 Å². The molecule has 0 amide bonds. The fourth-order valence-electron chi connectivity index (χ4n) is 0. The van der Waals surface area contributed by atoms with Crippen molar-refractivity contribution in [3.05, 3.63) is 0 Å². The van der Waals surface area contributed by atoms with E-state index in [1.165, 1.54) is 0 Å². The normalized spacial score (nSPS) is 4.00. The molecule has 0 aliphatic rings. The monoisotopic (exact) mass is 151 g/mol. The van der Waals surface area contributed by atoms with Crippen molar-refractivity contribution in [1.82, 2.24) is 0 Å². The van der Waals surface area contributed by atoms with Gasteiger partial charge in [0.25, 0.3) is 0 Å². The Balaban J connectivity index is -0.0000000275. The van der Waals surface area contributed by atoms with Crippen molar-refractivity contribution in [2.75, 3.05) is 7.11 Å². The van der Waals surface area contributed by atoms with Gasteiger partial charge in [-0.2, -0.15) is 13.7 Å². The molecule has 0 saturated heterocycles. The molecule has 5 heteroatoms. The molecule has 0 bridgehead atoms. The summed E-state index contributed by atoms with van der Waals surface area (Å²) in [5, 5.41) is 8.25. The highest BCUT2D eigenvalue weighted by Crippen LogP contribution is 1.78. The standard InChI is InChI=1S/CH3O.Cl2O.H3P/c1-2;1-3-2;/h1H3;;1H3. The Hall–Kier alpha value is 0.930. The zero-order valence-corrected chi connectivity index (χ0v) is 6.21. The minimum absolute atomic E-state index is 0. The van der Waals surface area contributed by atoms with Crippen LogP contribution in [0.5, 0.6) is 0 Å². The van der Waals surface area contributed by atoms with E-state index < -0.39 is 0 Å². The van der Waals surface area contributed by atoms with E-state index in [0.29, 0.717) is 0 Å². The van der Waals surface area contributed by atoms with E-state index in [1.54, 1.807) is 0 Å². The first kappa shape index (κ1) is 15.8. The largest absolute Gasteiger partial charge is 0.240 e. The van der Waals surface area contributed by atoms with Gasteiger partial charge in [0.15, 0.2) is 0 Å². The van der Waals surface area contributed by atoms with E-state index in [-0.39, 0.29) is 9.90 Å². The summed E-state index contributed by atoms with van der Waals surface area (Å²) in [5.41, 5.74) is 0. The average molecular weight is 152 g/mol. The van der Waals surface area contributed by atoms with Crippen molar-refractivity contribution in [2.45, 2.75) is 0 Å². The van der Waals surface area contributed by atoms with Crippen LogP contribution in [0.25, 0.3) is 0 Å². The van der Waals surface area contributed by atoms with Gasteiger partial charge in [0, 0.05) is 0 Å². The molecule has 6 heavy (non-hydrogen) atoms. The van der Waals surface area contributed by atoms with E-state index in [4.69, 9.17) is 5.11 Å². The maximum Gasteiger partial charge on any atom is 0.0832 e. The van der Waals surface area contributed by atoms with Crippen LogP contribution in [-0.2, 0) is 8.95 Å². The van der Waals surface area contributed by atoms with E-state index in [9.17, 15) is 0 Å². The summed E-state index contributed by atoms with van der Waals surface area (Å²) < 4.78 is 3.19. The summed E-state index contributed by atoms with van der Waals surface area (Å²) in [4.78, 5) is 0. The van der Waals surface area contributed by atoms with Crippen molar-refractivity contribution in [3.8, 4) is 0 Å². The van der Waals surface area contributed by atoms with E-state index >= 15 is 0 Å². The van der Waals surface area contributed by atoms with Gasteiger partial charge in [-0.15, -0.1) is 0 Å². The van der Waals surface area contributed by atoms with Gasteiger partial charge in [0.1, 0.15) is 0 Å². The molecule has 0 aromatic heterocycles. The van der Waals surface area contributed by atoms with Gasteiger partial charge in [0.05, 0.1) is 30.8 Å². The molecule has 1 radical (unpaired) electrons. The fourth-order valence-corrected chi connectivity index (χ4v) is 0. The first-order valence-corrected chi connectivity index (χ1v) is 1.33. The average Bonchev–Trinajstić information content (AvgIpc) is 1.46. The molecule has 0 aromatic rings. The van der Waals surface area contributed by atoms with Crippen molar-refractivity contribution in [2.24, 2.45) is 0 Å². The minimum Gasteiger partial charge on any atom is -0.240 e. The molecule has 0 fully saturated rings. The third-order valence-electron chi connectivity index (χ3n) is 0. The van der Waals surface area contributed by atoms with Crippen LogP contribution in [0.2, 0.25) is 0 Å². The minimum atomic E-state index is 0. The predicted octanol–water partition coefficient (Wildman–Crippen LogP) is 1.42. The smallest absolute Gasteiger partial charge is 0.0832 e. The van der Waals surface area contributed by atoms with Crippen molar-refractivity contribution in [3.63, 3.8) is 0 Å². The molecule has 2 nitrogen and oxygen atoms in total. The van der Waals surface area contributed by atoms with E-state index in [2.05, 4.69) is 27.6 Å². The Kier molecular flexibility index (Phi) is 102. The number of rotatable bonds is 0. The quantitative estimate of drug-likeness (QED) is 0.482. The lowest BCUT2D eigenvalue weighted by molar-refractivity contribution is 0.282. The van der Waals surface area contributed by atoms with Crippen LogP contribution >= 0.6 is 33.6 Å². The van der Waals surface area contributed by atoms with Crippen molar-refractivity contribution < 1.29 is 8.95 Å². The molecule has 1 atom stereocenters. The van der Waals surface area contributed by atoms with Gasteiger partial charge in [-0.1, -0.05) is 0 Å². The Morgan fingerprint density at radius 2 is 1.33 bits per heavy atom. The zero-order valence-electron chi connectivity index (χ0n) is 3.28. The van der Waals surface area contributed by atoms with Crippen molar-refractivity contribution in [1.29, 1.82) is 0 Å². The van der Waals surface area contributed by atoms with Crippen LogP contribution in [0.15, 0.2) is 0 Å². The molecule has 41 valence electrons. The van der Waals surface area contributed by atoms with Gasteiger partial charge in [-0.3, -0.25) is 0 Å². The number of hydrogen-bond donors (Lipinski definition) is 0. The van der Waals surface area contributed by atoms with Crippen LogP contribution in [0.3, 0.4) is 0 Å². The lowest BCUT2D eigenvalue weighted by Crippen LogP contribution is -1.16. The molecular formula is CH6Cl2O2P. The first-order chi connectivity index (χ1) is 2.41. The Morgan fingerprint density at radius 3 is 1.33 bits per heavy atom. The van der Waals surface area contributed by atoms with Crippen LogP contribution in [-0.4, -0.2) is 7.11 Å². The summed E-state index contributed by atoms with van der Waals surface area (Å²) in [6, 6.07) is 0. The van der Waals surface area contributed by atoms with Gasteiger partial charge in [-0.05, 0) is 0 Å². The van der Waals surface area contributed by atoms with Gasteiger partial charge < -0.3 is 0 Å². The van der Waals surface area contributed by atoms with Crippen LogP contribution in [0, 0.1) is 0 Å². The third kappa shape index (κ3) is 88.0. The molecule has 0 heterocycles. The molecule has 0 spiro atoms. The third-order valence-corrected chi connectivity index (χ3v) is 0. The summed E-state index contributed by atoms with van der Waals surface area (Å²) in [6.45, 7) is 0. The second kappa shape index (κ2) is 38.7. The molecule has 0 N–H and O–H groups in total. The Labute approximate surface area is 50.4 Å². The molecule has 0 saturated carbocycles. The highest BCUT2D eigenvalue weighted by atomic mass is 35.6. The van der Waals surface area contributed by atoms with Gasteiger partial charge >= 0.3 is 0 Å². The van der Waals surface area contributed by atoms with Crippen LogP contribution < -0.4 is 0 Å². The van der Waals surface area contributed by atoms with Crippen LogP contribution in [0.1, 0.15) is 0 Å². The summed E-state index contributed by atoms with van der Waals surface area (Å²) in [7, 11) is 0.750. The topological polar surface area (TPSA) is 29.1 Å². The lowest BCUT2D eigenvalue weighted by Gasteiger charge is -1.46. The molecule has 0 rings (SSSR count). The Bertz CT molecular complexity index is 11.5. The molecule has 0 aliphatic heterocycles. The highest BCUT2D eigenvalue weighted by Gasteiger charge is 1.38. The lowest BCUT2D eigenvalue weighted by atomic mass is 11.8. The molecule has 0 aromatic carbocycles.